The van der Waals surface area contributed by atoms with Crippen LogP contribution in [0.4, 0.5) is 5.69 Å². The van der Waals surface area contributed by atoms with Crippen molar-refractivity contribution in [2.45, 2.75) is 52.4 Å². The lowest BCUT2D eigenvalue weighted by molar-refractivity contribution is -0.132. The lowest BCUT2D eigenvalue weighted by Crippen LogP contribution is -2.35. The van der Waals surface area contributed by atoms with Gasteiger partial charge in [-0.2, -0.15) is 0 Å². The minimum absolute atomic E-state index is 0.0491. The third-order valence-corrected chi connectivity index (χ3v) is 5.20. The molecule has 1 amide bonds. The average molecular weight is 439 g/mol. The van der Waals surface area contributed by atoms with Crippen LogP contribution in [0.1, 0.15) is 68.3 Å². The predicted octanol–water partition coefficient (Wildman–Crippen LogP) is 4.34. The van der Waals surface area contributed by atoms with Crippen LogP contribution < -0.4 is 16.2 Å². The van der Waals surface area contributed by atoms with E-state index in [4.69, 9.17) is 16.2 Å². The van der Waals surface area contributed by atoms with Crippen LogP contribution in [0.3, 0.4) is 0 Å². The molecular formula is C25H34N4O3. The molecule has 1 unspecified atom stereocenters. The zero-order chi connectivity index (χ0) is 23.5. The number of aliphatic imine (C=N–C) groups is 1. The molecule has 0 radical (unpaired) electrons. The van der Waals surface area contributed by atoms with Crippen LogP contribution >= 0.6 is 0 Å². The minimum atomic E-state index is -0.483. The molecule has 7 nitrogen and oxygen atoms in total. The van der Waals surface area contributed by atoms with Gasteiger partial charge in [0.15, 0.2) is 5.96 Å². The van der Waals surface area contributed by atoms with Gasteiger partial charge in [-0.3, -0.25) is 4.79 Å². The predicted molar refractivity (Wildman–Crippen MR) is 128 cm³/mol. The summed E-state index contributed by atoms with van der Waals surface area (Å²) in [6, 6.07) is 13.6. The molecule has 0 heterocycles. The molecule has 7 heteroatoms. The van der Waals surface area contributed by atoms with Gasteiger partial charge in [0, 0.05) is 13.1 Å². The van der Waals surface area contributed by atoms with E-state index < -0.39 is 5.97 Å². The highest BCUT2D eigenvalue weighted by atomic mass is 16.5. The summed E-state index contributed by atoms with van der Waals surface area (Å²) >= 11 is 0. The first-order valence-corrected chi connectivity index (χ1v) is 11.2. The smallest absolute Gasteiger partial charge is 0.343 e. The van der Waals surface area contributed by atoms with E-state index >= 15 is 0 Å². The van der Waals surface area contributed by atoms with Gasteiger partial charge < -0.3 is 21.1 Å². The first-order chi connectivity index (χ1) is 15.3. The molecule has 2 rings (SSSR count). The zero-order valence-electron chi connectivity index (χ0n) is 19.2. The standard InChI is InChI=1S/C25H34N4O3/c1-4-6-16-29(17-7-5-2)23(30)18(3)19-10-14-22(15-11-19)32-24(31)20-8-12-21(13-9-20)28-25(26)27/h8-15,18H,4-7,16-17H2,1-3H3,(H4,26,27,28). The molecule has 0 spiro atoms. The van der Waals surface area contributed by atoms with Crippen molar-refractivity contribution < 1.29 is 14.3 Å². The normalized spacial score (nSPS) is 11.5. The number of amides is 1. The first kappa shape index (κ1) is 24.9. The lowest BCUT2D eigenvalue weighted by atomic mass is 9.99. The molecule has 0 aliphatic heterocycles. The fraction of sp³-hybridized carbons (Fsp3) is 0.400. The number of guanidine groups is 1. The number of benzene rings is 2. The van der Waals surface area contributed by atoms with Gasteiger partial charge in [-0.1, -0.05) is 38.8 Å². The molecular weight excluding hydrogens is 404 g/mol. The molecule has 0 bridgehead atoms. The highest BCUT2D eigenvalue weighted by Gasteiger charge is 2.21. The maximum atomic E-state index is 13.0. The maximum absolute atomic E-state index is 13.0. The molecule has 0 fully saturated rings. The maximum Gasteiger partial charge on any atom is 0.343 e. The second kappa shape index (κ2) is 12.5. The Bertz CT molecular complexity index is 896. The first-order valence-electron chi connectivity index (χ1n) is 11.2. The third kappa shape index (κ3) is 7.41. The van der Waals surface area contributed by atoms with Gasteiger partial charge in [-0.15, -0.1) is 0 Å². The van der Waals surface area contributed by atoms with Gasteiger partial charge >= 0.3 is 5.97 Å². The van der Waals surface area contributed by atoms with E-state index in [0.717, 1.165) is 44.3 Å². The quantitative estimate of drug-likeness (QED) is 0.235. The van der Waals surface area contributed by atoms with Crippen molar-refractivity contribution in [2.75, 3.05) is 13.1 Å². The SMILES string of the molecule is CCCCN(CCCC)C(=O)C(C)c1ccc(OC(=O)c2ccc(N=C(N)N)cc2)cc1. The minimum Gasteiger partial charge on any atom is -0.423 e. The summed E-state index contributed by atoms with van der Waals surface area (Å²) in [6.45, 7) is 7.76. The molecule has 0 aliphatic rings. The Morgan fingerprint density at radius 2 is 1.50 bits per heavy atom. The summed E-state index contributed by atoms with van der Waals surface area (Å²) in [5.41, 5.74) is 12.5. The van der Waals surface area contributed by atoms with E-state index in [1.807, 2.05) is 24.0 Å². The Labute approximate surface area is 190 Å². The fourth-order valence-corrected chi connectivity index (χ4v) is 3.26. The van der Waals surface area contributed by atoms with E-state index in [1.54, 1.807) is 36.4 Å². The van der Waals surface area contributed by atoms with Crippen LogP contribution in [-0.4, -0.2) is 35.8 Å². The van der Waals surface area contributed by atoms with E-state index in [9.17, 15) is 9.59 Å². The van der Waals surface area contributed by atoms with Gasteiger partial charge in [0.2, 0.25) is 5.91 Å². The van der Waals surface area contributed by atoms with Crippen molar-refractivity contribution in [2.24, 2.45) is 16.5 Å². The zero-order valence-corrected chi connectivity index (χ0v) is 19.2. The number of esters is 1. The van der Waals surface area contributed by atoms with Gasteiger partial charge in [-0.05, 0) is 61.7 Å². The number of rotatable bonds is 11. The molecule has 4 N–H and O–H groups in total. The van der Waals surface area contributed by atoms with Crippen molar-refractivity contribution in [3.05, 3.63) is 59.7 Å². The van der Waals surface area contributed by atoms with Crippen LogP contribution in [0.2, 0.25) is 0 Å². The molecule has 0 saturated heterocycles. The molecule has 1 atom stereocenters. The Morgan fingerprint density at radius 1 is 0.938 bits per heavy atom. The van der Waals surface area contributed by atoms with Crippen LogP contribution in [0.15, 0.2) is 53.5 Å². The second-order valence-electron chi connectivity index (χ2n) is 7.80. The lowest BCUT2D eigenvalue weighted by Gasteiger charge is -2.26. The Kier molecular flexibility index (Phi) is 9.73. The number of ether oxygens (including phenoxy) is 1. The highest BCUT2D eigenvalue weighted by Crippen LogP contribution is 2.23. The van der Waals surface area contributed by atoms with Gasteiger partial charge in [0.05, 0.1) is 17.2 Å². The molecule has 0 saturated carbocycles. The molecule has 172 valence electrons. The molecule has 0 aromatic heterocycles. The number of nitrogens with zero attached hydrogens (tertiary/aromatic N) is 2. The number of unbranched alkanes of at least 4 members (excludes halogenated alkanes) is 2. The summed E-state index contributed by atoms with van der Waals surface area (Å²) in [5.74, 6) is -0.231. The summed E-state index contributed by atoms with van der Waals surface area (Å²) in [6.07, 6.45) is 4.12. The highest BCUT2D eigenvalue weighted by molar-refractivity contribution is 5.91. The largest absolute Gasteiger partial charge is 0.423 e. The molecule has 2 aromatic rings. The monoisotopic (exact) mass is 438 g/mol. The van der Waals surface area contributed by atoms with Crippen molar-refractivity contribution in [3.8, 4) is 5.75 Å². The average Bonchev–Trinajstić information content (AvgIpc) is 2.79. The Balaban J connectivity index is 2.02. The number of hydrogen-bond donors (Lipinski definition) is 2. The second-order valence-corrected chi connectivity index (χ2v) is 7.80. The number of nitrogens with two attached hydrogens (primary N) is 2. The van der Waals surface area contributed by atoms with Crippen LogP contribution in [0, 0.1) is 0 Å². The number of carbonyl (C=O) groups is 2. The molecule has 0 aliphatic carbocycles. The van der Waals surface area contributed by atoms with Crippen LogP contribution in [0.5, 0.6) is 5.75 Å². The van der Waals surface area contributed by atoms with E-state index in [2.05, 4.69) is 18.8 Å². The van der Waals surface area contributed by atoms with E-state index in [-0.39, 0.29) is 17.8 Å². The van der Waals surface area contributed by atoms with Crippen LogP contribution in [0.25, 0.3) is 0 Å². The third-order valence-electron chi connectivity index (χ3n) is 5.20. The summed E-state index contributed by atoms with van der Waals surface area (Å²) in [4.78, 5) is 31.3. The number of hydrogen-bond acceptors (Lipinski definition) is 4. The van der Waals surface area contributed by atoms with Gasteiger partial charge in [-0.25, -0.2) is 9.79 Å². The van der Waals surface area contributed by atoms with Crippen molar-refractivity contribution >= 4 is 23.5 Å². The summed E-state index contributed by atoms with van der Waals surface area (Å²) in [7, 11) is 0. The summed E-state index contributed by atoms with van der Waals surface area (Å²) < 4.78 is 5.45. The van der Waals surface area contributed by atoms with Gasteiger partial charge in [0.1, 0.15) is 5.75 Å². The molecule has 2 aromatic carbocycles. The van der Waals surface area contributed by atoms with Gasteiger partial charge in [0.25, 0.3) is 0 Å². The van der Waals surface area contributed by atoms with E-state index in [1.165, 1.54) is 0 Å². The van der Waals surface area contributed by atoms with Crippen LogP contribution in [-0.2, 0) is 4.79 Å². The van der Waals surface area contributed by atoms with Crippen molar-refractivity contribution in [1.29, 1.82) is 0 Å². The summed E-state index contributed by atoms with van der Waals surface area (Å²) in [5, 5.41) is 0. The van der Waals surface area contributed by atoms with Crippen molar-refractivity contribution in [3.63, 3.8) is 0 Å². The number of carbonyl (C=O) groups excluding carboxylic acids is 2. The van der Waals surface area contributed by atoms with E-state index in [0.29, 0.717) is 17.0 Å². The Hall–Kier alpha value is -3.35. The molecule has 32 heavy (non-hydrogen) atoms. The Morgan fingerprint density at radius 3 is 2.00 bits per heavy atom. The fourth-order valence-electron chi connectivity index (χ4n) is 3.26. The van der Waals surface area contributed by atoms with Crippen molar-refractivity contribution in [1.82, 2.24) is 4.90 Å². The topological polar surface area (TPSA) is 111 Å².